The predicted molar refractivity (Wildman–Crippen MR) is 61.6 cm³/mol. The average molecular weight is 295 g/mol. The summed E-state index contributed by atoms with van der Waals surface area (Å²) in [5.74, 6) is -0.294. The van der Waals surface area contributed by atoms with E-state index in [1.54, 1.807) is 6.92 Å². The first-order valence-electron chi connectivity index (χ1n) is 4.52. The fourth-order valence-electron chi connectivity index (χ4n) is 1.17. The standard InChI is InChI=1S/C10H12BrFO2S/c1-8-7-9(3-4-10(8)12)15(13,14)6-2-5-11/h3-4,7H,2,5-6H2,1H3. The van der Waals surface area contributed by atoms with Gasteiger partial charge in [-0.3, -0.25) is 0 Å². The minimum Gasteiger partial charge on any atom is -0.224 e. The Morgan fingerprint density at radius 2 is 2.07 bits per heavy atom. The summed E-state index contributed by atoms with van der Waals surface area (Å²) >= 11 is 3.18. The maximum Gasteiger partial charge on any atom is 0.178 e. The van der Waals surface area contributed by atoms with Crippen LogP contribution in [-0.4, -0.2) is 19.5 Å². The second kappa shape index (κ2) is 5.07. The van der Waals surface area contributed by atoms with E-state index in [9.17, 15) is 12.8 Å². The molecule has 2 nitrogen and oxygen atoms in total. The highest BCUT2D eigenvalue weighted by Gasteiger charge is 2.14. The predicted octanol–water partition coefficient (Wildman–Crippen LogP) is 2.69. The molecule has 0 saturated heterocycles. The first-order chi connectivity index (χ1) is 6.97. The van der Waals surface area contributed by atoms with Gasteiger partial charge in [0.2, 0.25) is 0 Å². The summed E-state index contributed by atoms with van der Waals surface area (Å²) in [5.41, 5.74) is 0.356. The quantitative estimate of drug-likeness (QED) is 0.632. The number of hydrogen-bond donors (Lipinski definition) is 0. The monoisotopic (exact) mass is 294 g/mol. The normalized spacial score (nSPS) is 11.7. The van der Waals surface area contributed by atoms with Crippen LogP contribution in [0, 0.1) is 12.7 Å². The summed E-state index contributed by atoms with van der Waals surface area (Å²) in [6.07, 6.45) is 0.554. The third-order valence-corrected chi connectivity index (χ3v) is 4.39. The van der Waals surface area contributed by atoms with Crippen LogP contribution >= 0.6 is 15.9 Å². The lowest BCUT2D eigenvalue weighted by Gasteiger charge is -2.04. The molecule has 15 heavy (non-hydrogen) atoms. The number of aryl methyl sites for hydroxylation is 1. The van der Waals surface area contributed by atoms with Crippen molar-refractivity contribution < 1.29 is 12.8 Å². The lowest BCUT2D eigenvalue weighted by atomic mass is 10.2. The van der Waals surface area contributed by atoms with Gasteiger partial charge in [-0.15, -0.1) is 0 Å². The van der Waals surface area contributed by atoms with Crippen LogP contribution in [0.3, 0.4) is 0 Å². The minimum atomic E-state index is -3.26. The van der Waals surface area contributed by atoms with Crippen molar-refractivity contribution in [2.75, 3.05) is 11.1 Å². The number of sulfone groups is 1. The summed E-state index contributed by atoms with van der Waals surface area (Å²) in [6, 6.07) is 3.88. The molecule has 0 aromatic heterocycles. The van der Waals surface area contributed by atoms with Gasteiger partial charge in [-0.2, -0.15) is 0 Å². The zero-order chi connectivity index (χ0) is 11.5. The molecule has 0 aliphatic heterocycles. The smallest absolute Gasteiger partial charge is 0.178 e. The van der Waals surface area contributed by atoms with Crippen LogP contribution in [0.2, 0.25) is 0 Å². The van der Waals surface area contributed by atoms with Crippen LogP contribution in [0.15, 0.2) is 23.1 Å². The SMILES string of the molecule is Cc1cc(S(=O)(=O)CCCBr)ccc1F. The Labute approximate surface area is 97.5 Å². The molecule has 1 aromatic carbocycles. The molecule has 0 spiro atoms. The molecule has 1 aromatic rings. The van der Waals surface area contributed by atoms with E-state index in [1.165, 1.54) is 18.2 Å². The summed E-state index contributed by atoms with van der Waals surface area (Å²) < 4.78 is 36.4. The molecule has 5 heteroatoms. The highest BCUT2D eigenvalue weighted by atomic mass is 79.9. The maximum absolute atomic E-state index is 12.9. The summed E-state index contributed by atoms with van der Waals surface area (Å²) in [6.45, 7) is 1.55. The minimum absolute atomic E-state index is 0.0866. The van der Waals surface area contributed by atoms with E-state index >= 15 is 0 Å². The summed E-state index contributed by atoms with van der Waals surface area (Å²) in [5, 5.41) is 0.645. The molecule has 1 rings (SSSR count). The van der Waals surface area contributed by atoms with Crippen LogP contribution in [0.5, 0.6) is 0 Å². The van der Waals surface area contributed by atoms with Crippen molar-refractivity contribution in [1.82, 2.24) is 0 Å². The highest BCUT2D eigenvalue weighted by molar-refractivity contribution is 9.09. The molecule has 0 radical (unpaired) electrons. The molecular weight excluding hydrogens is 283 g/mol. The van der Waals surface area contributed by atoms with E-state index < -0.39 is 9.84 Å². The van der Waals surface area contributed by atoms with Gasteiger partial charge in [0.05, 0.1) is 10.6 Å². The van der Waals surface area contributed by atoms with Crippen LogP contribution < -0.4 is 0 Å². The highest BCUT2D eigenvalue weighted by Crippen LogP contribution is 2.16. The van der Waals surface area contributed by atoms with E-state index in [2.05, 4.69) is 15.9 Å². The molecule has 0 aliphatic carbocycles. The molecule has 0 N–H and O–H groups in total. The van der Waals surface area contributed by atoms with Gasteiger partial charge in [0.1, 0.15) is 5.82 Å². The van der Waals surface area contributed by atoms with Gasteiger partial charge in [-0.25, -0.2) is 12.8 Å². The molecule has 0 heterocycles. The van der Waals surface area contributed by atoms with Crippen molar-refractivity contribution in [3.8, 4) is 0 Å². The number of benzene rings is 1. The van der Waals surface area contributed by atoms with Crippen molar-refractivity contribution >= 4 is 25.8 Å². The molecule has 0 bridgehead atoms. The zero-order valence-electron chi connectivity index (χ0n) is 8.33. The molecule has 0 unspecified atom stereocenters. The first kappa shape index (κ1) is 12.6. The Hall–Kier alpha value is -0.420. The van der Waals surface area contributed by atoms with Crippen molar-refractivity contribution in [2.24, 2.45) is 0 Å². The van der Waals surface area contributed by atoms with Gasteiger partial charge in [0.15, 0.2) is 9.84 Å². The zero-order valence-corrected chi connectivity index (χ0v) is 10.7. The van der Waals surface area contributed by atoms with Crippen LogP contribution in [-0.2, 0) is 9.84 Å². The van der Waals surface area contributed by atoms with Gasteiger partial charge < -0.3 is 0 Å². The van der Waals surface area contributed by atoms with Crippen LogP contribution in [0.1, 0.15) is 12.0 Å². The molecule has 0 amide bonds. The maximum atomic E-state index is 12.9. The van der Waals surface area contributed by atoms with Gasteiger partial charge in [-0.1, -0.05) is 15.9 Å². The Morgan fingerprint density at radius 1 is 1.40 bits per heavy atom. The van der Waals surface area contributed by atoms with Crippen LogP contribution in [0.25, 0.3) is 0 Å². The number of alkyl halides is 1. The first-order valence-corrected chi connectivity index (χ1v) is 7.29. The third kappa shape index (κ3) is 3.28. The lowest BCUT2D eigenvalue weighted by molar-refractivity contribution is 0.592. The molecule has 0 saturated carbocycles. The van der Waals surface area contributed by atoms with Gasteiger partial charge in [-0.05, 0) is 37.1 Å². The Morgan fingerprint density at radius 3 is 2.60 bits per heavy atom. The fraction of sp³-hybridized carbons (Fsp3) is 0.400. The molecule has 84 valence electrons. The van der Waals surface area contributed by atoms with E-state index in [0.29, 0.717) is 17.3 Å². The third-order valence-electron chi connectivity index (χ3n) is 2.04. The number of halogens is 2. The van der Waals surface area contributed by atoms with E-state index in [1.807, 2.05) is 0 Å². The van der Waals surface area contributed by atoms with E-state index in [0.717, 1.165) is 0 Å². The topological polar surface area (TPSA) is 34.1 Å². The summed E-state index contributed by atoms with van der Waals surface area (Å²) in [4.78, 5) is 0.197. The molecule has 0 atom stereocenters. The van der Waals surface area contributed by atoms with E-state index in [4.69, 9.17) is 0 Å². The summed E-state index contributed by atoms with van der Waals surface area (Å²) in [7, 11) is -3.26. The van der Waals surface area contributed by atoms with Crippen LogP contribution in [0.4, 0.5) is 4.39 Å². The fourth-order valence-corrected chi connectivity index (χ4v) is 3.22. The van der Waals surface area contributed by atoms with Crippen molar-refractivity contribution in [3.05, 3.63) is 29.6 Å². The van der Waals surface area contributed by atoms with Gasteiger partial charge in [0.25, 0.3) is 0 Å². The molecule has 0 aliphatic rings. The molecule has 0 fully saturated rings. The van der Waals surface area contributed by atoms with Gasteiger partial charge >= 0.3 is 0 Å². The van der Waals surface area contributed by atoms with E-state index in [-0.39, 0.29) is 16.5 Å². The van der Waals surface area contributed by atoms with Gasteiger partial charge in [0, 0.05) is 5.33 Å². The second-order valence-corrected chi connectivity index (χ2v) is 6.17. The van der Waals surface area contributed by atoms with Crippen molar-refractivity contribution in [1.29, 1.82) is 0 Å². The second-order valence-electron chi connectivity index (χ2n) is 3.27. The number of hydrogen-bond acceptors (Lipinski definition) is 2. The van der Waals surface area contributed by atoms with Crippen molar-refractivity contribution in [2.45, 2.75) is 18.2 Å². The average Bonchev–Trinajstić information content (AvgIpc) is 2.19. The van der Waals surface area contributed by atoms with Crippen molar-refractivity contribution in [3.63, 3.8) is 0 Å². The Kier molecular flexibility index (Phi) is 4.28. The Bertz CT molecular complexity index is 443. The largest absolute Gasteiger partial charge is 0.224 e. The number of rotatable bonds is 4. The Balaban J connectivity index is 3.00. The lowest BCUT2D eigenvalue weighted by Crippen LogP contribution is -2.07. The molecular formula is C10H12BrFO2S.